The molecule has 1 aliphatic rings. The lowest BCUT2D eigenvalue weighted by molar-refractivity contribution is 0.0431. The van der Waals surface area contributed by atoms with Gasteiger partial charge in [-0.1, -0.05) is 5.16 Å². The Morgan fingerprint density at radius 3 is 3.04 bits per heavy atom. The van der Waals surface area contributed by atoms with E-state index in [1.165, 1.54) is 7.11 Å². The summed E-state index contributed by atoms with van der Waals surface area (Å²) in [7, 11) is 1.54. The summed E-state index contributed by atoms with van der Waals surface area (Å²) in [6.45, 7) is 1.96. The smallest absolute Gasteiger partial charge is 0.274 e. The van der Waals surface area contributed by atoms with Gasteiger partial charge < -0.3 is 24.4 Å². The van der Waals surface area contributed by atoms with Crippen LogP contribution in [0.2, 0.25) is 0 Å². The normalized spacial score (nSPS) is 22.8. The molecular formula is C17H21N3O5. The third-order valence-corrected chi connectivity index (χ3v) is 4.28. The molecule has 0 saturated heterocycles. The van der Waals surface area contributed by atoms with Crippen molar-refractivity contribution >= 4 is 5.91 Å². The molecule has 2 aromatic heterocycles. The maximum Gasteiger partial charge on any atom is 0.274 e. The summed E-state index contributed by atoms with van der Waals surface area (Å²) >= 11 is 0. The number of amides is 1. The van der Waals surface area contributed by atoms with Crippen molar-refractivity contribution in [2.45, 2.75) is 44.6 Å². The molecule has 0 bridgehead atoms. The Labute approximate surface area is 145 Å². The second-order valence-corrected chi connectivity index (χ2v) is 5.99. The summed E-state index contributed by atoms with van der Waals surface area (Å²) in [6.07, 6.45) is 3.26. The van der Waals surface area contributed by atoms with Crippen LogP contribution >= 0.6 is 0 Å². The summed E-state index contributed by atoms with van der Waals surface area (Å²) in [4.78, 5) is 16.5. The van der Waals surface area contributed by atoms with Gasteiger partial charge in [0.2, 0.25) is 0 Å². The predicted molar refractivity (Wildman–Crippen MR) is 87.1 cm³/mol. The zero-order valence-electron chi connectivity index (χ0n) is 14.1. The van der Waals surface area contributed by atoms with Gasteiger partial charge in [0.05, 0.1) is 24.4 Å². The molecule has 1 aliphatic carbocycles. The van der Waals surface area contributed by atoms with Crippen molar-refractivity contribution in [3.8, 4) is 5.75 Å². The molecule has 2 heterocycles. The average molecular weight is 347 g/mol. The van der Waals surface area contributed by atoms with Gasteiger partial charge >= 0.3 is 0 Å². The Balaban J connectivity index is 1.63. The van der Waals surface area contributed by atoms with Crippen molar-refractivity contribution in [3.63, 3.8) is 0 Å². The van der Waals surface area contributed by atoms with Gasteiger partial charge in [-0.15, -0.1) is 0 Å². The molecule has 8 heteroatoms. The van der Waals surface area contributed by atoms with Gasteiger partial charge in [0.25, 0.3) is 5.91 Å². The quantitative estimate of drug-likeness (QED) is 0.809. The Hall–Kier alpha value is -2.45. The van der Waals surface area contributed by atoms with Crippen molar-refractivity contribution in [1.82, 2.24) is 15.5 Å². The SMILES string of the molecule is COCc1c(C(=O)N[C@@H]2CC[C@@H](Oc3cccnc3)[C@@H]2O)noc1C. The number of hydrogen-bond acceptors (Lipinski definition) is 7. The Morgan fingerprint density at radius 1 is 1.48 bits per heavy atom. The minimum atomic E-state index is -0.817. The number of nitrogens with one attached hydrogen (secondary N) is 1. The molecule has 0 spiro atoms. The van der Waals surface area contributed by atoms with E-state index in [9.17, 15) is 9.90 Å². The average Bonchev–Trinajstić information content (AvgIpc) is 3.14. The zero-order chi connectivity index (χ0) is 17.8. The Morgan fingerprint density at radius 2 is 2.32 bits per heavy atom. The van der Waals surface area contributed by atoms with E-state index in [2.05, 4.69) is 15.5 Å². The van der Waals surface area contributed by atoms with Crippen molar-refractivity contribution in [1.29, 1.82) is 0 Å². The first-order valence-corrected chi connectivity index (χ1v) is 8.10. The van der Waals surface area contributed by atoms with E-state index in [1.807, 2.05) is 0 Å². The summed E-state index contributed by atoms with van der Waals surface area (Å²) in [5.41, 5.74) is 0.791. The monoisotopic (exact) mass is 347 g/mol. The van der Waals surface area contributed by atoms with Crippen LogP contribution in [0.4, 0.5) is 0 Å². The molecule has 2 aromatic rings. The number of nitrogens with zero attached hydrogens (tertiary/aromatic N) is 2. The van der Waals surface area contributed by atoms with Gasteiger partial charge in [-0.05, 0) is 31.9 Å². The summed E-state index contributed by atoms with van der Waals surface area (Å²) in [6, 6.07) is 3.13. The molecule has 0 radical (unpaired) electrons. The zero-order valence-corrected chi connectivity index (χ0v) is 14.1. The first-order chi connectivity index (χ1) is 12.1. The molecule has 2 N–H and O–H groups in total. The second-order valence-electron chi connectivity index (χ2n) is 5.99. The number of aryl methyl sites for hydroxylation is 1. The highest BCUT2D eigenvalue weighted by molar-refractivity contribution is 5.94. The van der Waals surface area contributed by atoms with Crippen LogP contribution in [0.25, 0.3) is 0 Å². The molecule has 25 heavy (non-hydrogen) atoms. The number of methoxy groups -OCH3 is 1. The molecule has 0 aliphatic heterocycles. The molecule has 3 rings (SSSR count). The van der Waals surface area contributed by atoms with Gasteiger partial charge in [0.1, 0.15) is 23.7 Å². The molecular weight excluding hydrogens is 326 g/mol. The highest BCUT2D eigenvalue weighted by atomic mass is 16.5. The van der Waals surface area contributed by atoms with Crippen molar-refractivity contribution in [2.24, 2.45) is 0 Å². The van der Waals surface area contributed by atoms with Crippen LogP contribution in [-0.2, 0) is 11.3 Å². The number of carbonyl (C=O) groups excluding carboxylic acids is 1. The lowest BCUT2D eigenvalue weighted by Gasteiger charge is -2.21. The minimum Gasteiger partial charge on any atom is -0.486 e. The highest BCUT2D eigenvalue weighted by Gasteiger charge is 2.38. The highest BCUT2D eigenvalue weighted by Crippen LogP contribution is 2.25. The van der Waals surface area contributed by atoms with E-state index in [4.69, 9.17) is 14.0 Å². The number of hydrogen-bond donors (Lipinski definition) is 2. The second kappa shape index (κ2) is 7.62. The fourth-order valence-corrected chi connectivity index (χ4v) is 2.94. The summed E-state index contributed by atoms with van der Waals surface area (Å²) in [5, 5.41) is 17.1. The Bertz CT molecular complexity index is 718. The number of aromatic nitrogens is 2. The molecule has 3 atom stereocenters. The number of ether oxygens (including phenoxy) is 2. The first kappa shape index (κ1) is 17.4. The fourth-order valence-electron chi connectivity index (χ4n) is 2.94. The number of aliphatic hydroxyl groups excluding tert-OH is 1. The van der Waals surface area contributed by atoms with E-state index < -0.39 is 24.2 Å². The van der Waals surface area contributed by atoms with E-state index in [-0.39, 0.29) is 12.3 Å². The van der Waals surface area contributed by atoms with E-state index >= 15 is 0 Å². The largest absolute Gasteiger partial charge is 0.486 e. The summed E-state index contributed by atoms with van der Waals surface area (Å²) < 4.78 is 15.9. The molecule has 1 fully saturated rings. The number of carbonyl (C=O) groups is 1. The van der Waals surface area contributed by atoms with Crippen LogP contribution in [0.5, 0.6) is 5.75 Å². The molecule has 1 amide bonds. The molecule has 0 aromatic carbocycles. The standard InChI is InChI=1S/C17H21N3O5/c1-10-12(9-23-2)15(20-25-10)17(22)19-13-5-6-14(16(13)21)24-11-4-3-7-18-8-11/h3-4,7-8,13-14,16,21H,5-6,9H2,1-2H3,(H,19,22)/t13-,14-,16-/m1/s1. The maximum absolute atomic E-state index is 12.5. The minimum absolute atomic E-state index is 0.183. The fraction of sp³-hybridized carbons (Fsp3) is 0.471. The van der Waals surface area contributed by atoms with Crippen molar-refractivity contribution in [3.05, 3.63) is 41.5 Å². The number of aliphatic hydroxyl groups is 1. The molecule has 8 nitrogen and oxygen atoms in total. The van der Waals surface area contributed by atoms with Gasteiger partial charge in [0.15, 0.2) is 5.69 Å². The third kappa shape index (κ3) is 3.80. The number of pyridine rings is 1. The molecule has 1 saturated carbocycles. The van der Waals surface area contributed by atoms with Crippen LogP contribution in [0.1, 0.15) is 34.7 Å². The number of rotatable bonds is 6. The first-order valence-electron chi connectivity index (χ1n) is 8.10. The van der Waals surface area contributed by atoms with Crippen LogP contribution < -0.4 is 10.1 Å². The van der Waals surface area contributed by atoms with Gasteiger partial charge in [0, 0.05) is 13.3 Å². The van der Waals surface area contributed by atoms with Gasteiger partial charge in [-0.3, -0.25) is 9.78 Å². The van der Waals surface area contributed by atoms with E-state index in [0.717, 1.165) is 0 Å². The maximum atomic E-state index is 12.5. The third-order valence-electron chi connectivity index (χ3n) is 4.28. The van der Waals surface area contributed by atoms with Crippen LogP contribution in [0.15, 0.2) is 29.0 Å². The van der Waals surface area contributed by atoms with Crippen LogP contribution in [-0.4, -0.2) is 46.5 Å². The van der Waals surface area contributed by atoms with Crippen LogP contribution in [0.3, 0.4) is 0 Å². The van der Waals surface area contributed by atoms with Crippen molar-refractivity contribution < 1.29 is 23.9 Å². The van der Waals surface area contributed by atoms with E-state index in [1.54, 1.807) is 31.5 Å². The summed E-state index contributed by atoms with van der Waals surface area (Å²) in [5.74, 6) is 0.736. The lowest BCUT2D eigenvalue weighted by Crippen LogP contribution is -2.44. The van der Waals surface area contributed by atoms with Crippen molar-refractivity contribution in [2.75, 3.05) is 7.11 Å². The van der Waals surface area contributed by atoms with Crippen LogP contribution in [0, 0.1) is 6.92 Å². The topological polar surface area (TPSA) is 107 Å². The lowest BCUT2D eigenvalue weighted by atomic mass is 10.1. The molecule has 134 valence electrons. The van der Waals surface area contributed by atoms with Gasteiger partial charge in [-0.2, -0.15) is 0 Å². The van der Waals surface area contributed by atoms with Gasteiger partial charge in [-0.25, -0.2) is 0 Å². The predicted octanol–water partition coefficient (Wildman–Crippen LogP) is 1.23. The Kier molecular flexibility index (Phi) is 5.30. The molecule has 0 unspecified atom stereocenters. The van der Waals surface area contributed by atoms with E-state index in [0.29, 0.717) is 29.9 Å².